The number of primary amides is 1. The second-order valence-electron chi connectivity index (χ2n) is 1.48. The number of nitrogens with zero attached hydrogens (tertiary/aromatic N) is 1. The molecule has 0 bridgehead atoms. The van der Waals surface area contributed by atoms with Gasteiger partial charge in [0.2, 0.25) is 0 Å². The van der Waals surface area contributed by atoms with Gasteiger partial charge in [-0.2, -0.15) is 4.41 Å². The van der Waals surface area contributed by atoms with Gasteiger partial charge in [0.25, 0.3) is 5.17 Å². The van der Waals surface area contributed by atoms with Crippen molar-refractivity contribution in [2.75, 3.05) is 6.61 Å². The molecule has 64 valence electrons. The zero-order valence-corrected chi connectivity index (χ0v) is 7.61. The summed E-state index contributed by atoms with van der Waals surface area (Å²) in [7, 11) is 0. The van der Waals surface area contributed by atoms with E-state index in [9.17, 15) is 4.79 Å². The summed E-state index contributed by atoms with van der Waals surface area (Å²) < 4.78 is 5.52. The Labute approximate surface area is 75.4 Å². The maximum atomic E-state index is 10.3. The standard InChI is InChI=1S/C4H9N3O2S2/c1-2-9-4(10)6-7(11)3(5)8/h11H,2H2,1H3,(H2,5,8)(H,6,10). The summed E-state index contributed by atoms with van der Waals surface area (Å²) in [4.78, 5) is 10.3. The highest BCUT2D eigenvalue weighted by Gasteiger charge is 2.05. The molecule has 0 radical (unpaired) electrons. The summed E-state index contributed by atoms with van der Waals surface area (Å²) in [6.45, 7) is 2.19. The van der Waals surface area contributed by atoms with Crippen molar-refractivity contribution in [1.82, 2.24) is 9.84 Å². The van der Waals surface area contributed by atoms with Gasteiger partial charge in [0, 0.05) is 0 Å². The molecule has 0 atom stereocenters. The lowest BCUT2D eigenvalue weighted by Crippen LogP contribution is -2.42. The SMILES string of the molecule is CCOC(=S)NN(S)C(N)=O. The first kappa shape index (κ1) is 10.3. The number of hydrogen-bond donors (Lipinski definition) is 3. The number of nitrogens with two attached hydrogens (primary N) is 1. The quantitative estimate of drug-likeness (QED) is 0.314. The smallest absolute Gasteiger partial charge is 0.343 e. The van der Waals surface area contributed by atoms with E-state index in [-0.39, 0.29) is 5.17 Å². The molecule has 5 nitrogen and oxygen atoms in total. The molecule has 0 saturated carbocycles. The molecule has 0 spiro atoms. The minimum Gasteiger partial charge on any atom is -0.470 e. The van der Waals surface area contributed by atoms with Gasteiger partial charge in [0.1, 0.15) is 0 Å². The summed E-state index contributed by atoms with van der Waals surface area (Å²) >= 11 is 8.25. The highest BCUT2D eigenvalue weighted by atomic mass is 32.1. The van der Waals surface area contributed by atoms with Crippen molar-refractivity contribution in [2.45, 2.75) is 6.92 Å². The predicted octanol–water partition coefficient (Wildman–Crippen LogP) is 0.0379. The lowest BCUT2D eigenvalue weighted by molar-refractivity contribution is 0.225. The molecule has 0 aromatic carbocycles. The predicted molar refractivity (Wildman–Crippen MR) is 47.8 cm³/mol. The van der Waals surface area contributed by atoms with E-state index < -0.39 is 6.03 Å². The summed E-state index contributed by atoms with van der Waals surface area (Å²) in [6, 6.07) is -0.754. The molecular formula is C4H9N3O2S2. The van der Waals surface area contributed by atoms with Crippen molar-refractivity contribution in [2.24, 2.45) is 5.73 Å². The van der Waals surface area contributed by atoms with Gasteiger partial charge < -0.3 is 10.5 Å². The van der Waals surface area contributed by atoms with Gasteiger partial charge in [-0.05, 0) is 32.0 Å². The maximum absolute atomic E-state index is 10.3. The Kier molecular flexibility index (Phi) is 4.71. The van der Waals surface area contributed by atoms with Crippen molar-refractivity contribution in [3.05, 3.63) is 0 Å². The Morgan fingerprint density at radius 1 is 1.91 bits per heavy atom. The van der Waals surface area contributed by atoms with E-state index in [0.717, 1.165) is 4.41 Å². The third kappa shape index (κ3) is 4.68. The topological polar surface area (TPSA) is 67.6 Å². The Morgan fingerprint density at radius 2 is 2.45 bits per heavy atom. The minimum absolute atomic E-state index is 0.0568. The Hall–Kier alpha value is -0.690. The zero-order valence-electron chi connectivity index (χ0n) is 5.90. The minimum atomic E-state index is -0.754. The fourth-order valence-electron chi connectivity index (χ4n) is 0.305. The van der Waals surface area contributed by atoms with Crippen LogP contribution in [0.3, 0.4) is 0 Å². The summed E-state index contributed by atoms with van der Waals surface area (Å²) in [5.74, 6) is 0. The monoisotopic (exact) mass is 195 g/mol. The number of rotatable bonds is 1. The number of carbonyl (C=O) groups excluding carboxylic acids is 1. The van der Waals surface area contributed by atoms with Crippen LogP contribution >= 0.6 is 25.0 Å². The molecule has 0 aliphatic carbocycles. The van der Waals surface area contributed by atoms with Crippen LogP contribution in [0.1, 0.15) is 6.92 Å². The van der Waals surface area contributed by atoms with E-state index in [0.29, 0.717) is 6.61 Å². The molecule has 3 N–H and O–H groups in total. The molecule has 2 amide bonds. The number of amides is 2. The highest BCUT2D eigenvalue weighted by molar-refractivity contribution is 7.80. The van der Waals surface area contributed by atoms with Crippen molar-refractivity contribution in [1.29, 1.82) is 0 Å². The van der Waals surface area contributed by atoms with Gasteiger partial charge in [0.15, 0.2) is 0 Å². The number of hydrogen-bond acceptors (Lipinski definition) is 4. The van der Waals surface area contributed by atoms with E-state index in [1.54, 1.807) is 6.92 Å². The number of thiol groups is 1. The number of urea groups is 1. The van der Waals surface area contributed by atoms with Crippen molar-refractivity contribution in [3.63, 3.8) is 0 Å². The van der Waals surface area contributed by atoms with Gasteiger partial charge in [-0.1, -0.05) is 0 Å². The molecule has 0 aromatic heterocycles. The van der Waals surface area contributed by atoms with Gasteiger partial charge in [-0.15, -0.1) is 0 Å². The van der Waals surface area contributed by atoms with Crippen molar-refractivity contribution in [3.8, 4) is 0 Å². The van der Waals surface area contributed by atoms with Crippen LogP contribution in [0.15, 0.2) is 0 Å². The number of hydrazine groups is 1. The summed E-state index contributed by atoms with van der Waals surface area (Å²) in [5.41, 5.74) is 7.13. The first-order valence-corrected chi connectivity index (χ1v) is 3.60. The first-order chi connectivity index (χ1) is 5.07. The molecule has 0 fully saturated rings. The lowest BCUT2D eigenvalue weighted by atomic mass is 10.9. The molecule has 0 unspecified atom stereocenters. The van der Waals surface area contributed by atoms with Crippen molar-refractivity contribution < 1.29 is 9.53 Å². The zero-order chi connectivity index (χ0) is 8.85. The van der Waals surface area contributed by atoms with Crippen LogP contribution in [0, 0.1) is 0 Å². The number of ether oxygens (including phenoxy) is 1. The van der Waals surface area contributed by atoms with Crippen molar-refractivity contribution >= 4 is 36.2 Å². The van der Waals surface area contributed by atoms with E-state index in [1.807, 2.05) is 0 Å². The summed E-state index contributed by atoms with van der Waals surface area (Å²) in [6.07, 6.45) is 0. The average molecular weight is 195 g/mol. The molecular weight excluding hydrogens is 186 g/mol. The van der Waals surface area contributed by atoms with Crippen LogP contribution < -0.4 is 11.2 Å². The molecule has 0 aromatic rings. The molecule has 0 heterocycles. The van der Waals surface area contributed by atoms with E-state index in [4.69, 9.17) is 10.5 Å². The molecule has 11 heavy (non-hydrogen) atoms. The van der Waals surface area contributed by atoms with E-state index >= 15 is 0 Å². The van der Waals surface area contributed by atoms with Gasteiger partial charge >= 0.3 is 6.03 Å². The van der Waals surface area contributed by atoms with E-state index in [2.05, 4.69) is 30.5 Å². The fourth-order valence-corrected chi connectivity index (χ4v) is 0.673. The van der Waals surface area contributed by atoms with Crippen LogP contribution in [0.25, 0.3) is 0 Å². The Bertz CT molecular complexity index is 163. The number of thiocarbonyl (C=S) groups is 1. The van der Waals surface area contributed by atoms with Gasteiger partial charge in [-0.3, -0.25) is 0 Å². The Balaban J connectivity index is 3.66. The van der Waals surface area contributed by atoms with Gasteiger partial charge in [-0.25, -0.2) is 10.2 Å². The largest absolute Gasteiger partial charge is 0.470 e. The highest BCUT2D eigenvalue weighted by Crippen LogP contribution is 1.87. The molecule has 0 aliphatic rings. The average Bonchev–Trinajstić information content (AvgIpc) is 1.87. The molecule has 0 saturated heterocycles. The molecule has 0 aliphatic heterocycles. The number of nitrogens with one attached hydrogen (secondary N) is 1. The normalized spacial score (nSPS) is 8.55. The number of carbonyl (C=O) groups is 1. The van der Waals surface area contributed by atoms with Crippen LogP contribution in [-0.4, -0.2) is 22.2 Å². The molecule has 0 rings (SSSR count). The van der Waals surface area contributed by atoms with E-state index in [1.165, 1.54) is 0 Å². The van der Waals surface area contributed by atoms with Crippen LogP contribution in [0.4, 0.5) is 4.79 Å². The first-order valence-electron chi connectivity index (χ1n) is 2.79. The van der Waals surface area contributed by atoms with Crippen LogP contribution in [0.5, 0.6) is 0 Å². The van der Waals surface area contributed by atoms with Crippen LogP contribution in [0.2, 0.25) is 0 Å². The maximum Gasteiger partial charge on any atom is 0.343 e. The third-order valence-electron chi connectivity index (χ3n) is 0.681. The molecule has 7 heteroatoms. The summed E-state index contributed by atoms with van der Waals surface area (Å²) in [5, 5.41) is 0.0568. The third-order valence-corrected chi connectivity index (χ3v) is 1.19. The van der Waals surface area contributed by atoms with Crippen LogP contribution in [-0.2, 0) is 4.74 Å². The Morgan fingerprint density at radius 3 is 2.82 bits per heavy atom. The fraction of sp³-hybridized carbons (Fsp3) is 0.500. The lowest BCUT2D eigenvalue weighted by Gasteiger charge is -2.14. The van der Waals surface area contributed by atoms with Gasteiger partial charge in [0.05, 0.1) is 6.61 Å². The second-order valence-corrected chi connectivity index (χ2v) is 2.25. The second kappa shape index (κ2) is 5.03.